The zero-order valence-electron chi connectivity index (χ0n) is 15.1. The average molecular weight is 351 g/mol. The molecule has 1 unspecified atom stereocenters. The van der Waals surface area contributed by atoms with E-state index < -0.39 is 5.60 Å². The van der Waals surface area contributed by atoms with Crippen molar-refractivity contribution in [3.8, 4) is 0 Å². The van der Waals surface area contributed by atoms with Gasteiger partial charge in [0, 0.05) is 24.7 Å². The average Bonchev–Trinajstić information content (AvgIpc) is 2.94. The molecule has 2 heterocycles. The van der Waals surface area contributed by atoms with Crippen molar-refractivity contribution >= 4 is 17.7 Å². The molecule has 0 saturated carbocycles. The van der Waals surface area contributed by atoms with Crippen molar-refractivity contribution in [1.82, 2.24) is 9.80 Å². The Bertz CT molecular complexity index is 639. The van der Waals surface area contributed by atoms with Crippen LogP contribution in [0, 0.1) is 0 Å². The van der Waals surface area contributed by atoms with Crippen LogP contribution in [0.4, 0.5) is 4.79 Å². The Morgan fingerprint density at radius 2 is 2.04 bits per heavy atom. The SMILES string of the molecule is CN1CCc2cc(Cl)cc(C3CCCN3C(=O)OC(C)(C)C)c2C1. The van der Waals surface area contributed by atoms with Crippen LogP contribution in [-0.4, -0.2) is 41.6 Å². The maximum Gasteiger partial charge on any atom is 0.410 e. The minimum atomic E-state index is -0.474. The number of hydrogen-bond acceptors (Lipinski definition) is 3. The molecule has 4 nitrogen and oxygen atoms in total. The summed E-state index contributed by atoms with van der Waals surface area (Å²) < 4.78 is 5.61. The molecule has 1 amide bonds. The maximum absolute atomic E-state index is 12.6. The van der Waals surface area contributed by atoms with E-state index in [-0.39, 0.29) is 12.1 Å². The van der Waals surface area contributed by atoms with Crippen LogP contribution in [0.15, 0.2) is 12.1 Å². The second kappa shape index (κ2) is 6.57. The number of carbonyl (C=O) groups is 1. The lowest BCUT2D eigenvalue weighted by molar-refractivity contribution is 0.0223. The molecule has 0 spiro atoms. The van der Waals surface area contributed by atoms with Crippen molar-refractivity contribution < 1.29 is 9.53 Å². The molecular weight excluding hydrogens is 324 g/mol. The van der Waals surface area contributed by atoms with Crippen LogP contribution in [0.2, 0.25) is 5.02 Å². The molecule has 24 heavy (non-hydrogen) atoms. The van der Waals surface area contributed by atoms with E-state index in [2.05, 4.69) is 18.0 Å². The number of nitrogens with zero attached hydrogens (tertiary/aromatic N) is 2. The van der Waals surface area contributed by atoms with E-state index in [0.29, 0.717) is 0 Å². The molecule has 1 saturated heterocycles. The largest absolute Gasteiger partial charge is 0.444 e. The molecule has 0 aromatic heterocycles. The van der Waals surface area contributed by atoms with Gasteiger partial charge in [-0.3, -0.25) is 0 Å². The predicted octanol–water partition coefficient (Wildman–Crippen LogP) is 4.40. The summed E-state index contributed by atoms with van der Waals surface area (Å²) in [6.07, 6.45) is 2.76. The van der Waals surface area contributed by atoms with Crippen LogP contribution in [0.25, 0.3) is 0 Å². The maximum atomic E-state index is 12.6. The Morgan fingerprint density at radius 1 is 1.29 bits per heavy atom. The first-order valence-corrected chi connectivity index (χ1v) is 9.12. The van der Waals surface area contributed by atoms with Gasteiger partial charge >= 0.3 is 6.09 Å². The zero-order valence-corrected chi connectivity index (χ0v) is 15.8. The second-order valence-electron chi connectivity index (χ2n) is 7.95. The van der Waals surface area contributed by atoms with Crippen molar-refractivity contribution in [2.45, 2.75) is 58.2 Å². The highest BCUT2D eigenvalue weighted by molar-refractivity contribution is 6.30. The lowest BCUT2D eigenvalue weighted by atomic mass is 9.90. The third kappa shape index (κ3) is 3.70. The monoisotopic (exact) mass is 350 g/mol. The summed E-state index contributed by atoms with van der Waals surface area (Å²) >= 11 is 6.38. The molecule has 0 bridgehead atoms. The number of hydrogen-bond donors (Lipinski definition) is 0. The standard InChI is InChI=1S/C19H27ClN2O2/c1-19(2,3)24-18(23)22-8-5-6-17(22)15-11-14(20)10-13-7-9-21(4)12-16(13)15/h10-11,17H,5-9,12H2,1-4H3. The fraction of sp³-hybridized carbons (Fsp3) is 0.632. The van der Waals surface area contributed by atoms with Gasteiger partial charge in [-0.2, -0.15) is 0 Å². The van der Waals surface area contributed by atoms with E-state index in [1.165, 1.54) is 16.7 Å². The van der Waals surface area contributed by atoms with Gasteiger partial charge in [0.05, 0.1) is 6.04 Å². The topological polar surface area (TPSA) is 32.8 Å². The van der Waals surface area contributed by atoms with E-state index in [9.17, 15) is 4.79 Å². The van der Waals surface area contributed by atoms with Gasteiger partial charge in [-0.25, -0.2) is 4.79 Å². The lowest BCUT2D eigenvalue weighted by Gasteiger charge is -2.33. The number of likely N-dealkylation sites (N-methyl/N-ethyl adjacent to an activating group) is 1. The number of benzene rings is 1. The number of amides is 1. The van der Waals surface area contributed by atoms with Crippen molar-refractivity contribution in [2.75, 3.05) is 20.1 Å². The predicted molar refractivity (Wildman–Crippen MR) is 96.4 cm³/mol. The van der Waals surface area contributed by atoms with Gasteiger partial charge in [0.25, 0.3) is 0 Å². The van der Waals surface area contributed by atoms with Crippen molar-refractivity contribution in [1.29, 1.82) is 0 Å². The van der Waals surface area contributed by atoms with Gasteiger partial charge in [-0.1, -0.05) is 11.6 Å². The van der Waals surface area contributed by atoms with Gasteiger partial charge in [0.15, 0.2) is 0 Å². The van der Waals surface area contributed by atoms with E-state index in [0.717, 1.165) is 43.9 Å². The molecule has 1 aromatic rings. The number of ether oxygens (including phenoxy) is 1. The quantitative estimate of drug-likeness (QED) is 0.752. The Labute approximate surface area is 149 Å². The number of carbonyl (C=O) groups excluding carboxylic acids is 1. The van der Waals surface area contributed by atoms with Crippen LogP contribution in [0.5, 0.6) is 0 Å². The number of fused-ring (bicyclic) bond motifs is 1. The van der Waals surface area contributed by atoms with Crippen LogP contribution in [0.3, 0.4) is 0 Å². The molecule has 0 radical (unpaired) electrons. The first kappa shape index (κ1) is 17.6. The molecule has 2 aliphatic rings. The summed E-state index contributed by atoms with van der Waals surface area (Å²) in [6.45, 7) is 8.44. The summed E-state index contributed by atoms with van der Waals surface area (Å²) in [5.41, 5.74) is 3.39. The normalized spacial score (nSPS) is 21.7. The molecule has 132 valence electrons. The zero-order chi connectivity index (χ0) is 17.5. The molecule has 2 aliphatic heterocycles. The minimum absolute atomic E-state index is 0.0683. The first-order valence-electron chi connectivity index (χ1n) is 8.74. The van der Waals surface area contributed by atoms with Crippen molar-refractivity contribution in [2.24, 2.45) is 0 Å². The fourth-order valence-corrected chi connectivity index (χ4v) is 3.97. The van der Waals surface area contributed by atoms with Crippen LogP contribution < -0.4 is 0 Å². The summed E-state index contributed by atoms with van der Waals surface area (Å²) in [6, 6.07) is 4.20. The molecule has 3 rings (SSSR count). The Balaban J connectivity index is 1.93. The minimum Gasteiger partial charge on any atom is -0.444 e. The highest BCUT2D eigenvalue weighted by Crippen LogP contribution is 2.38. The van der Waals surface area contributed by atoms with E-state index in [4.69, 9.17) is 16.3 Å². The summed E-state index contributed by atoms with van der Waals surface area (Å²) in [5, 5.41) is 0.768. The van der Waals surface area contributed by atoms with Crippen LogP contribution in [-0.2, 0) is 17.7 Å². The number of halogens is 1. The van der Waals surface area contributed by atoms with E-state index in [1.54, 1.807) is 0 Å². The van der Waals surface area contributed by atoms with E-state index in [1.807, 2.05) is 31.7 Å². The molecule has 5 heteroatoms. The van der Waals surface area contributed by atoms with Crippen molar-refractivity contribution in [3.63, 3.8) is 0 Å². The summed E-state index contributed by atoms with van der Waals surface area (Å²) in [4.78, 5) is 16.8. The highest BCUT2D eigenvalue weighted by Gasteiger charge is 2.35. The third-order valence-corrected chi connectivity index (χ3v) is 4.99. The summed E-state index contributed by atoms with van der Waals surface area (Å²) in [5.74, 6) is 0. The van der Waals surface area contributed by atoms with Gasteiger partial charge < -0.3 is 14.5 Å². The number of rotatable bonds is 1. The molecule has 1 fully saturated rings. The molecule has 0 N–H and O–H groups in total. The van der Waals surface area contributed by atoms with Gasteiger partial charge in [0.2, 0.25) is 0 Å². The molecule has 1 atom stereocenters. The highest BCUT2D eigenvalue weighted by atomic mass is 35.5. The van der Waals surface area contributed by atoms with E-state index >= 15 is 0 Å². The Hall–Kier alpha value is -1.26. The number of likely N-dealkylation sites (tertiary alicyclic amines) is 1. The fourth-order valence-electron chi connectivity index (χ4n) is 3.72. The lowest BCUT2D eigenvalue weighted by Crippen LogP contribution is -2.37. The molecule has 1 aromatic carbocycles. The van der Waals surface area contributed by atoms with Gasteiger partial charge in [-0.05, 0) is 75.9 Å². The molecule has 0 aliphatic carbocycles. The van der Waals surface area contributed by atoms with Gasteiger partial charge in [-0.15, -0.1) is 0 Å². The Morgan fingerprint density at radius 3 is 2.75 bits per heavy atom. The van der Waals surface area contributed by atoms with Crippen LogP contribution in [0.1, 0.15) is 56.3 Å². The molecular formula is C19H27ClN2O2. The van der Waals surface area contributed by atoms with Crippen LogP contribution >= 0.6 is 11.6 Å². The smallest absolute Gasteiger partial charge is 0.410 e. The van der Waals surface area contributed by atoms with Crippen molar-refractivity contribution in [3.05, 3.63) is 33.8 Å². The van der Waals surface area contributed by atoms with Gasteiger partial charge in [0.1, 0.15) is 5.60 Å². The second-order valence-corrected chi connectivity index (χ2v) is 8.39. The first-order chi connectivity index (χ1) is 11.2. The Kier molecular flexibility index (Phi) is 4.80. The summed E-state index contributed by atoms with van der Waals surface area (Å²) in [7, 11) is 2.14. The third-order valence-electron chi connectivity index (χ3n) is 4.77.